The zero-order chi connectivity index (χ0) is 23.7. The van der Waals surface area contributed by atoms with E-state index in [-0.39, 0.29) is 23.9 Å². The van der Waals surface area contributed by atoms with E-state index < -0.39 is 0 Å². The van der Waals surface area contributed by atoms with Crippen molar-refractivity contribution in [2.45, 2.75) is 45.4 Å². The Morgan fingerprint density at radius 2 is 2.03 bits per heavy atom. The van der Waals surface area contributed by atoms with Gasteiger partial charge in [-0.3, -0.25) is 4.79 Å². The lowest BCUT2D eigenvalue weighted by molar-refractivity contribution is -0.147. The summed E-state index contributed by atoms with van der Waals surface area (Å²) in [5.41, 5.74) is 2.87. The molecule has 0 radical (unpaired) electrons. The summed E-state index contributed by atoms with van der Waals surface area (Å²) < 4.78 is 22.1. The van der Waals surface area contributed by atoms with Crippen molar-refractivity contribution in [2.24, 2.45) is 17.8 Å². The Morgan fingerprint density at radius 1 is 1.21 bits per heavy atom. The quantitative estimate of drug-likeness (QED) is 0.516. The number of fused-ring (bicyclic) bond motifs is 1. The molecule has 0 saturated carbocycles. The van der Waals surface area contributed by atoms with Gasteiger partial charge in [-0.15, -0.1) is 0 Å². The van der Waals surface area contributed by atoms with Gasteiger partial charge in [0.2, 0.25) is 0 Å². The maximum atomic E-state index is 13.5. The van der Waals surface area contributed by atoms with Gasteiger partial charge in [-0.05, 0) is 60.1 Å². The Bertz CT molecular complexity index is 1110. The Kier molecular flexibility index (Phi) is 6.50. The minimum Gasteiger partial charge on any atom is -0.370 e. The number of aromatic nitrogens is 2. The number of hydrogen-bond donors (Lipinski definition) is 0. The molecule has 2 aliphatic rings. The fourth-order valence-electron chi connectivity index (χ4n) is 5.54. The van der Waals surface area contributed by atoms with Gasteiger partial charge in [-0.1, -0.05) is 38.1 Å². The van der Waals surface area contributed by atoms with Crippen LogP contribution < -0.4 is 0 Å². The van der Waals surface area contributed by atoms with E-state index in [1.165, 1.54) is 12.1 Å². The van der Waals surface area contributed by atoms with Gasteiger partial charge in [0.15, 0.2) is 0 Å². The van der Waals surface area contributed by atoms with E-state index in [1.54, 1.807) is 12.5 Å². The molecule has 5 nitrogen and oxygen atoms in total. The number of ether oxygens (including phenoxy) is 1. The molecular weight excluding hydrogens is 429 g/mol. The van der Waals surface area contributed by atoms with E-state index in [1.807, 2.05) is 52.1 Å². The molecule has 2 fully saturated rings. The number of piperidine rings is 1. The van der Waals surface area contributed by atoms with Crippen LogP contribution in [0.15, 0.2) is 67.3 Å². The molecule has 3 heterocycles. The summed E-state index contributed by atoms with van der Waals surface area (Å²) in [7, 11) is 0. The zero-order valence-corrected chi connectivity index (χ0v) is 19.8. The van der Waals surface area contributed by atoms with E-state index in [9.17, 15) is 9.18 Å². The maximum Gasteiger partial charge on any atom is 0.253 e. The van der Waals surface area contributed by atoms with Crippen molar-refractivity contribution in [3.05, 3.63) is 89.8 Å². The van der Waals surface area contributed by atoms with Crippen molar-refractivity contribution in [1.29, 1.82) is 0 Å². The molecule has 0 aliphatic carbocycles. The van der Waals surface area contributed by atoms with Crippen LogP contribution in [0, 0.1) is 23.6 Å². The molecular formula is C28H32FN3O2. The number of likely N-dealkylation sites (tertiary alicyclic amines) is 1. The molecule has 2 aliphatic heterocycles. The molecule has 0 bridgehead atoms. The molecule has 0 N–H and O–H groups in total. The lowest BCUT2D eigenvalue weighted by atomic mass is 9.74. The standard InChI is InChI=1S/C28H32FN3O2/c1-19(2)25-15-23-17-32(12-10-26(23)34-27(25)21-6-8-24(29)9-7-21)28(33)22-5-3-4-20(14-22)16-31-13-11-30-18-31/h3-9,11,13-14,18-19,23,25-27H,10,12,15-17H2,1-2H3/t23-,25-,26+,27-/m1/s1. The first-order valence-electron chi connectivity index (χ1n) is 12.2. The average molecular weight is 462 g/mol. The maximum absolute atomic E-state index is 13.5. The van der Waals surface area contributed by atoms with Crippen LogP contribution in [-0.4, -0.2) is 39.6 Å². The van der Waals surface area contributed by atoms with Gasteiger partial charge in [-0.25, -0.2) is 9.37 Å². The smallest absolute Gasteiger partial charge is 0.253 e. The summed E-state index contributed by atoms with van der Waals surface area (Å²) >= 11 is 0. The zero-order valence-electron chi connectivity index (χ0n) is 19.8. The van der Waals surface area contributed by atoms with E-state index in [0.717, 1.165) is 29.5 Å². The van der Waals surface area contributed by atoms with Crippen molar-refractivity contribution < 1.29 is 13.9 Å². The second-order valence-corrected chi connectivity index (χ2v) is 10.0. The van der Waals surface area contributed by atoms with Crippen LogP contribution in [0.2, 0.25) is 0 Å². The summed E-state index contributed by atoms with van der Waals surface area (Å²) in [6.45, 7) is 6.55. The number of nitrogens with zero attached hydrogens (tertiary/aromatic N) is 3. The Morgan fingerprint density at radius 3 is 2.76 bits per heavy atom. The number of halogens is 1. The molecule has 2 aromatic carbocycles. The highest BCUT2D eigenvalue weighted by molar-refractivity contribution is 5.94. The van der Waals surface area contributed by atoms with Crippen LogP contribution in [0.1, 0.15) is 54.3 Å². The highest BCUT2D eigenvalue weighted by Crippen LogP contribution is 2.45. The van der Waals surface area contributed by atoms with Gasteiger partial charge in [0.05, 0.1) is 18.5 Å². The van der Waals surface area contributed by atoms with Crippen molar-refractivity contribution in [2.75, 3.05) is 13.1 Å². The topological polar surface area (TPSA) is 47.4 Å². The van der Waals surface area contributed by atoms with Crippen LogP contribution in [-0.2, 0) is 11.3 Å². The van der Waals surface area contributed by atoms with Crippen LogP contribution >= 0.6 is 0 Å². The van der Waals surface area contributed by atoms with Gasteiger partial charge < -0.3 is 14.2 Å². The fraction of sp³-hybridized carbons (Fsp3) is 0.429. The third-order valence-electron chi connectivity index (χ3n) is 7.39. The molecule has 1 amide bonds. The molecule has 2 saturated heterocycles. The van der Waals surface area contributed by atoms with Crippen LogP contribution in [0.3, 0.4) is 0 Å². The predicted octanol–water partition coefficient (Wildman–Crippen LogP) is 5.34. The fourth-order valence-corrected chi connectivity index (χ4v) is 5.54. The monoisotopic (exact) mass is 461 g/mol. The summed E-state index contributed by atoms with van der Waals surface area (Å²) in [6.07, 6.45) is 7.41. The van der Waals surface area contributed by atoms with Gasteiger partial charge in [-0.2, -0.15) is 0 Å². The minimum absolute atomic E-state index is 0.0241. The Hall–Kier alpha value is -2.99. The number of carbonyl (C=O) groups is 1. The van der Waals surface area contributed by atoms with Crippen LogP contribution in [0.25, 0.3) is 0 Å². The summed E-state index contributed by atoms with van der Waals surface area (Å²) in [6, 6.07) is 14.6. The van der Waals surface area contributed by atoms with Gasteiger partial charge in [0.25, 0.3) is 5.91 Å². The first-order chi connectivity index (χ1) is 16.5. The first-order valence-corrected chi connectivity index (χ1v) is 12.2. The molecule has 178 valence electrons. The molecule has 34 heavy (non-hydrogen) atoms. The normalized spacial score (nSPS) is 24.8. The second-order valence-electron chi connectivity index (χ2n) is 10.0. The Balaban J connectivity index is 1.28. The first kappa shape index (κ1) is 22.8. The second kappa shape index (κ2) is 9.71. The van der Waals surface area contributed by atoms with Crippen molar-refractivity contribution in [3.8, 4) is 0 Å². The largest absolute Gasteiger partial charge is 0.370 e. The van der Waals surface area contributed by atoms with Crippen LogP contribution in [0.4, 0.5) is 4.39 Å². The molecule has 0 spiro atoms. The lowest BCUT2D eigenvalue weighted by Gasteiger charge is -2.48. The van der Waals surface area contributed by atoms with Crippen molar-refractivity contribution in [1.82, 2.24) is 14.5 Å². The average Bonchev–Trinajstić information content (AvgIpc) is 3.36. The molecule has 4 atom stereocenters. The number of imidazole rings is 1. The van der Waals surface area contributed by atoms with Gasteiger partial charge in [0, 0.05) is 43.5 Å². The Labute approximate surface area is 200 Å². The minimum atomic E-state index is -0.223. The van der Waals surface area contributed by atoms with E-state index in [0.29, 0.717) is 37.4 Å². The lowest BCUT2D eigenvalue weighted by Crippen LogP contribution is -2.51. The van der Waals surface area contributed by atoms with Gasteiger partial charge >= 0.3 is 0 Å². The molecule has 3 aromatic rings. The third-order valence-corrected chi connectivity index (χ3v) is 7.39. The van der Waals surface area contributed by atoms with E-state index in [2.05, 4.69) is 18.8 Å². The molecule has 5 rings (SSSR count). The van der Waals surface area contributed by atoms with E-state index in [4.69, 9.17) is 4.74 Å². The van der Waals surface area contributed by atoms with Crippen LogP contribution in [0.5, 0.6) is 0 Å². The number of hydrogen-bond acceptors (Lipinski definition) is 3. The summed E-state index contributed by atoms with van der Waals surface area (Å²) in [4.78, 5) is 19.5. The van der Waals surface area contributed by atoms with Crippen molar-refractivity contribution >= 4 is 5.91 Å². The summed E-state index contributed by atoms with van der Waals surface area (Å²) in [5.74, 6) is 0.949. The SMILES string of the molecule is CC(C)[C@H]1C[C@@H]2CN(C(=O)c3cccc(Cn4ccnc4)c3)CC[C@@H]2O[C@@H]1c1ccc(F)cc1. The molecule has 0 unspecified atom stereocenters. The molecule has 1 aromatic heterocycles. The highest BCUT2D eigenvalue weighted by atomic mass is 19.1. The number of benzene rings is 2. The number of rotatable bonds is 5. The number of carbonyl (C=O) groups excluding carboxylic acids is 1. The van der Waals surface area contributed by atoms with Gasteiger partial charge in [0.1, 0.15) is 5.82 Å². The van der Waals surface area contributed by atoms with E-state index >= 15 is 0 Å². The third kappa shape index (κ3) is 4.78. The van der Waals surface area contributed by atoms with Crippen molar-refractivity contribution in [3.63, 3.8) is 0 Å². The predicted molar refractivity (Wildman–Crippen MR) is 129 cm³/mol. The highest BCUT2D eigenvalue weighted by Gasteiger charge is 2.43. The molecule has 6 heteroatoms. The number of amides is 1. The summed E-state index contributed by atoms with van der Waals surface area (Å²) in [5, 5.41) is 0.